The van der Waals surface area contributed by atoms with Crippen LogP contribution in [0.5, 0.6) is 0 Å². The normalized spacial score (nSPS) is 17.6. The van der Waals surface area contributed by atoms with Crippen molar-refractivity contribution in [1.29, 1.82) is 0 Å². The summed E-state index contributed by atoms with van der Waals surface area (Å²) < 4.78 is 31.6. The Hall–Kier alpha value is -1.39. The molecule has 0 radical (unpaired) electrons. The van der Waals surface area contributed by atoms with Gasteiger partial charge in [0.1, 0.15) is 12.1 Å². The van der Waals surface area contributed by atoms with E-state index in [-0.39, 0.29) is 18.5 Å². The highest BCUT2D eigenvalue weighted by molar-refractivity contribution is 7.86. The van der Waals surface area contributed by atoms with Crippen LogP contribution in [0.1, 0.15) is 33.6 Å². The SMILES string of the molecule is CN(C)S(=O)(=O)N1CCC(NC(=O)CNC(=O)OC(C)(C)C)CC1. The van der Waals surface area contributed by atoms with E-state index in [2.05, 4.69) is 10.6 Å². The van der Waals surface area contributed by atoms with E-state index in [9.17, 15) is 18.0 Å². The number of hydrogen-bond acceptors (Lipinski definition) is 5. The van der Waals surface area contributed by atoms with Gasteiger partial charge in [0.2, 0.25) is 5.91 Å². The number of carbonyl (C=O) groups excluding carboxylic acids is 2. The molecule has 0 spiro atoms. The van der Waals surface area contributed by atoms with Gasteiger partial charge in [0.05, 0.1) is 0 Å². The van der Waals surface area contributed by atoms with Gasteiger partial charge < -0.3 is 15.4 Å². The summed E-state index contributed by atoms with van der Waals surface area (Å²) in [7, 11) is -0.427. The molecule has 2 N–H and O–H groups in total. The molecule has 140 valence electrons. The smallest absolute Gasteiger partial charge is 0.408 e. The monoisotopic (exact) mass is 364 g/mol. The number of alkyl carbamates (subject to hydrolysis) is 1. The van der Waals surface area contributed by atoms with Crippen molar-refractivity contribution in [2.75, 3.05) is 33.7 Å². The van der Waals surface area contributed by atoms with Gasteiger partial charge in [-0.3, -0.25) is 4.79 Å². The van der Waals surface area contributed by atoms with Gasteiger partial charge in [0, 0.05) is 33.2 Å². The third kappa shape index (κ3) is 6.62. The second-order valence-corrected chi connectivity index (χ2v) is 9.03. The molecule has 0 aromatic heterocycles. The predicted octanol–water partition coefficient (Wildman–Crippen LogP) is -0.102. The Morgan fingerprint density at radius 1 is 1.21 bits per heavy atom. The van der Waals surface area contributed by atoms with Crippen LogP contribution < -0.4 is 10.6 Å². The largest absolute Gasteiger partial charge is 0.444 e. The van der Waals surface area contributed by atoms with Crippen LogP contribution in [0.25, 0.3) is 0 Å². The highest BCUT2D eigenvalue weighted by Crippen LogP contribution is 2.15. The Morgan fingerprint density at radius 2 is 1.75 bits per heavy atom. The highest BCUT2D eigenvalue weighted by Gasteiger charge is 2.30. The molecule has 0 unspecified atom stereocenters. The number of piperidine rings is 1. The van der Waals surface area contributed by atoms with E-state index < -0.39 is 21.9 Å². The number of nitrogens with one attached hydrogen (secondary N) is 2. The minimum atomic E-state index is -3.41. The lowest BCUT2D eigenvalue weighted by Gasteiger charge is -2.33. The average Bonchev–Trinajstić information content (AvgIpc) is 2.44. The summed E-state index contributed by atoms with van der Waals surface area (Å²) in [6.07, 6.45) is 0.417. The van der Waals surface area contributed by atoms with Gasteiger partial charge in [-0.05, 0) is 33.6 Å². The average molecular weight is 364 g/mol. The van der Waals surface area contributed by atoms with Crippen LogP contribution in [0.3, 0.4) is 0 Å². The van der Waals surface area contributed by atoms with Crippen LogP contribution in [-0.4, -0.2) is 74.4 Å². The van der Waals surface area contributed by atoms with Gasteiger partial charge in [-0.2, -0.15) is 17.0 Å². The van der Waals surface area contributed by atoms with Crippen molar-refractivity contribution >= 4 is 22.2 Å². The van der Waals surface area contributed by atoms with E-state index in [1.807, 2.05) is 0 Å². The molecule has 0 aliphatic carbocycles. The maximum atomic E-state index is 12.0. The zero-order chi connectivity index (χ0) is 18.5. The maximum Gasteiger partial charge on any atom is 0.408 e. The fraction of sp³-hybridized carbons (Fsp3) is 0.857. The van der Waals surface area contributed by atoms with E-state index in [1.54, 1.807) is 20.8 Å². The summed E-state index contributed by atoms with van der Waals surface area (Å²) in [5, 5.41) is 5.18. The van der Waals surface area contributed by atoms with Crippen LogP contribution in [0.4, 0.5) is 4.79 Å². The number of carbonyl (C=O) groups is 2. The molecular formula is C14H28N4O5S. The topological polar surface area (TPSA) is 108 Å². The molecule has 1 rings (SSSR count). The van der Waals surface area contributed by atoms with E-state index in [1.165, 1.54) is 22.7 Å². The Balaban J connectivity index is 2.34. The second kappa shape index (κ2) is 8.13. The zero-order valence-electron chi connectivity index (χ0n) is 15.0. The van der Waals surface area contributed by atoms with Crippen molar-refractivity contribution in [2.24, 2.45) is 0 Å². The third-order valence-corrected chi connectivity index (χ3v) is 5.34. The molecular weight excluding hydrogens is 336 g/mol. The van der Waals surface area contributed by atoms with Crippen LogP contribution in [-0.2, 0) is 19.7 Å². The van der Waals surface area contributed by atoms with Crippen molar-refractivity contribution in [3.8, 4) is 0 Å². The van der Waals surface area contributed by atoms with Crippen LogP contribution in [0.15, 0.2) is 0 Å². The molecule has 9 nitrogen and oxygen atoms in total. The fourth-order valence-electron chi connectivity index (χ4n) is 2.21. The minimum Gasteiger partial charge on any atom is -0.444 e. The highest BCUT2D eigenvalue weighted by atomic mass is 32.2. The van der Waals surface area contributed by atoms with Crippen molar-refractivity contribution in [3.05, 3.63) is 0 Å². The molecule has 0 aromatic carbocycles. The molecule has 1 heterocycles. The van der Waals surface area contributed by atoms with E-state index in [0.29, 0.717) is 25.9 Å². The van der Waals surface area contributed by atoms with Gasteiger partial charge in [-0.15, -0.1) is 0 Å². The lowest BCUT2D eigenvalue weighted by atomic mass is 10.1. The Kier molecular flexibility index (Phi) is 6.99. The number of hydrogen-bond donors (Lipinski definition) is 2. The summed E-state index contributed by atoms with van der Waals surface area (Å²) in [6, 6.07) is -0.105. The lowest BCUT2D eigenvalue weighted by Crippen LogP contribution is -2.50. The Labute approximate surface area is 143 Å². The molecule has 1 aliphatic rings. The Morgan fingerprint density at radius 3 is 2.21 bits per heavy atom. The lowest BCUT2D eigenvalue weighted by molar-refractivity contribution is -0.121. The van der Waals surface area contributed by atoms with Crippen molar-refractivity contribution in [3.63, 3.8) is 0 Å². The van der Waals surface area contributed by atoms with E-state index in [0.717, 1.165) is 0 Å². The summed E-state index contributed by atoms with van der Waals surface area (Å²) in [4.78, 5) is 23.3. The molecule has 2 amide bonds. The number of amides is 2. The maximum absolute atomic E-state index is 12.0. The minimum absolute atomic E-state index is 0.105. The molecule has 1 aliphatic heterocycles. The third-order valence-electron chi connectivity index (χ3n) is 3.40. The molecule has 24 heavy (non-hydrogen) atoms. The van der Waals surface area contributed by atoms with Crippen molar-refractivity contribution in [2.45, 2.75) is 45.3 Å². The summed E-state index contributed by atoms with van der Waals surface area (Å²) in [5.74, 6) is -0.324. The quantitative estimate of drug-likeness (QED) is 0.708. The molecule has 0 saturated carbocycles. The van der Waals surface area contributed by atoms with Crippen LogP contribution in [0, 0.1) is 0 Å². The van der Waals surface area contributed by atoms with Gasteiger partial charge in [0.15, 0.2) is 0 Å². The standard InChI is InChI=1S/C14H28N4O5S/c1-14(2,3)23-13(20)15-10-12(19)16-11-6-8-18(9-7-11)24(21,22)17(4)5/h11H,6-10H2,1-5H3,(H,15,20)(H,16,19). The first-order valence-corrected chi connectivity index (χ1v) is 9.25. The fourth-order valence-corrected chi connectivity index (χ4v) is 3.34. The molecule has 0 aromatic rings. The van der Waals surface area contributed by atoms with Crippen LogP contribution in [0.2, 0.25) is 0 Å². The van der Waals surface area contributed by atoms with Gasteiger partial charge in [-0.25, -0.2) is 4.79 Å². The molecule has 1 fully saturated rings. The van der Waals surface area contributed by atoms with E-state index >= 15 is 0 Å². The van der Waals surface area contributed by atoms with Crippen LogP contribution >= 0.6 is 0 Å². The first-order chi connectivity index (χ1) is 10.9. The first-order valence-electron chi connectivity index (χ1n) is 7.85. The molecule has 0 atom stereocenters. The molecule has 10 heteroatoms. The summed E-state index contributed by atoms with van der Waals surface area (Å²) in [6.45, 7) is 5.74. The number of nitrogens with zero attached hydrogens (tertiary/aromatic N) is 2. The molecule has 1 saturated heterocycles. The second-order valence-electron chi connectivity index (χ2n) is 6.89. The van der Waals surface area contributed by atoms with Gasteiger partial charge >= 0.3 is 6.09 Å². The van der Waals surface area contributed by atoms with Crippen molar-refractivity contribution < 1.29 is 22.7 Å². The Bertz CT molecular complexity index is 548. The first kappa shape index (κ1) is 20.7. The van der Waals surface area contributed by atoms with Gasteiger partial charge in [0.25, 0.3) is 10.2 Å². The molecule has 0 bridgehead atoms. The summed E-state index contributed by atoms with van der Waals surface area (Å²) >= 11 is 0. The number of ether oxygens (including phenoxy) is 1. The zero-order valence-corrected chi connectivity index (χ0v) is 15.8. The summed E-state index contributed by atoms with van der Waals surface area (Å²) in [5.41, 5.74) is -0.620. The number of rotatable bonds is 5. The van der Waals surface area contributed by atoms with Crippen molar-refractivity contribution in [1.82, 2.24) is 19.2 Å². The van der Waals surface area contributed by atoms with Gasteiger partial charge in [-0.1, -0.05) is 0 Å². The van der Waals surface area contributed by atoms with E-state index in [4.69, 9.17) is 4.74 Å². The predicted molar refractivity (Wildman–Crippen MR) is 89.6 cm³/mol.